The summed E-state index contributed by atoms with van der Waals surface area (Å²) in [4.78, 5) is 2.46. The van der Waals surface area contributed by atoms with Gasteiger partial charge in [-0.25, -0.2) is 0 Å². The Balaban J connectivity index is 1.95. The number of rotatable bonds is 8. The summed E-state index contributed by atoms with van der Waals surface area (Å²) in [5, 5.41) is 0. The molecule has 1 heterocycles. The fourth-order valence-corrected chi connectivity index (χ4v) is 2.82. The molecule has 114 valence electrons. The fourth-order valence-electron chi connectivity index (χ4n) is 2.82. The Kier molecular flexibility index (Phi) is 4.92. The van der Waals surface area contributed by atoms with E-state index in [0.717, 1.165) is 44.3 Å². The molecule has 1 aromatic heterocycles. The zero-order valence-corrected chi connectivity index (χ0v) is 13.5. The third-order valence-corrected chi connectivity index (χ3v) is 4.28. The van der Waals surface area contributed by atoms with Gasteiger partial charge in [-0.1, -0.05) is 27.7 Å². The average Bonchev–Trinajstić information content (AvgIpc) is 2.93. The largest absolute Gasteiger partial charge is 0.464 e. The molecule has 1 aliphatic carbocycles. The Morgan fingerprint density at radius 3 is 2.65 bits per heavy atom. The quantitative estimate of drug-likeness (QED) is 0.790. The number of hydrogen-bond acceptors (Lipinski definition) is 3. The van der Waals surface area contributed by atoms with Crippen LogP contribution in [0.1, 0.15) is 58.0 Å². The Morgan fingerprint density at radius 2 is 2.10 bits per heavy atom. The summed E-state index contributed by atoms with van der Waals surface area (Å²) in [6.45, 7) is 12.7. The summed E-state index contributed by atoms with van der Waals surface area (Å²) >= 11 is 0. The first-order valence-electron chi connectivity index (χ1n) is 7.96. The maximum atomic E-state index is 6.03. The van der Waals surface area contributed by atoms with E-state index >= 15 is 0 Å². The Hall–Kier alpha value is -0.800. The molecule has 2 rings (SSSR count). The van der Waals surface area contributed by atoms with Crippen molar-refractivity contribution in [3.63, 3.8) is 0 Å². The second-order valence-electron chi connectivity index (χ2n) is 7.20. The summed E-state index contributed by atoms with van der Waals surface area (Å²) in [5.41, 5.74) is 6.02. The zero-order valence-electron chi connectivity index (χ0n) is 13.5. The minimum Gasteiger partial charge on any atom is -0.464 e. The van der Waals surface area contributed by atoms with Crippen LogP contribution in [0.4, 0.5) is 0 Å². The normalized spacial score (nSPS) is 22.5. The third kappa shape index (κ3) is 4.10. The van der Waals surface area contributed by atoms with Gasteiger partial charge in [0.2, 0.25) is 0 Å². The van der Waals surface area contributed by atoms with E-state index in [0.29, 0.717) is 5.92 Å². The first-order chi connectivity index (χ1) is 9.45. The van der Waals surface area contributed by atoms with E-state index in [2.05, 4.69) is 44.7 Å². The van der Waals surface area contributed by atoms with E-state index in [1.165, 1.54) is 12.2 Å². The highest BCUT2D eigenvalue weighted by Gasteiger charge is 2.36. The molecule has 1 fully saturated rings. The molecule has 0 aliphatic heterocycles. The maximum Gasteiger partial charge on any atom is 0.118 e. The van der Waals surface area contributed by atoms with Gasteiger partial charge in [0.1, 0.15) is 11.5 Å². The van der Waals surface area contributed by atoms with Crippen LogP contribution in [0.2, 0.25) is 0 Å². The highest BCUT2D eigenvalue weighted by Crippen LogP contribution is 2.47. The summed E-state index contributed by atoms with van der Waals surface area (Å²) in [7, 11) is 0. The van der Waals surface area contributed by atoms with E-state index in [4.69, 9.17) is 10.2 Å². The smallest absolute Gasteiger partial charge is 0.118 e. The molecule has 1 aromatic rings. The zero-order chi connectivity index (χ0) is 14.8. The van der Waals surface area contributed by atoms with Crippen LogP contribution in [-0.4, -0.2) is 24.5 Å². The van der Waals surface area contributed by atoms with Crippen LogP contribution in [0.25, 0.3) is 0 Å². The molecule has 2 atom stereocenters. The fraction of sp³-hybridized carbons (Fsp3) is 0.765. The van der Waals surface area contributed by atoms with Gasteiger partial charge >= 0.3 is 0 Å². The lowest BCUT2D eigenvalue weighted by molar-refractivity contribution is 0.164. The molecular formula is C17H30N2O. The van der Waals surface area contributed by atoms with Crippen LogP contribution in [0, 0.1) is 11.3 Å². The van der Waals surface area contributed by atoms with E-state index in [1.807, 2.05) is 0 Å². The Labute approximate surface area is 123 Å². The van der Waals surface area contributed by atoms with Crippen LogP contribution in [0.15, 0.2) is 16.5 Å². The number of hydrogen-bond donors (Lipinski definition) is 1. The number of nitrogens with two attached hydrogens (primary N) is 1. The molecule has 0 aromatic carbocycles. The maximum absolute atomic E-state index is 6.03. The highest BCUT2D eigenvalue weighted by atomic mass is 16.3. The molecule has 1 saturated carbocycles. The highest BCUT2D eigenvalue weighted by molar-refractivity contribution is 5.17. The van der Waals surface area contributed by atoms with Gasteiger partial charge in [-0.15, -0.1) is 0 Å². The van der Waals surface area contributed by atoms with Crippen LogP contribution in [-0.2, 0) is 6.54 Å². The van der Waals surface area contributed by atoms with Crippen molar-refractivity contribution < 1.29 is 4.42 Å². The predicted molar refractivity (Wildman–Crippen MR) is 83.6 cm³/mol. The molecule has 2 unspecified atom stereocenters. The Bertz CT molecular complexity index is 424. The summed E-state index contributed by atoms with van der Waals surface area (Å²) in [6.07, 6.45) is 2.44. The van der Waals surface area contributed by atoms with Crippen molar-refractivity contribution in [2.45, 2.75) is 53.0 Å². The molecule has 0 bridgehead atoms. The van der Waals surface area contributed by atoms with Crippen LogP contribution >= 0.6 is 0 Å². The molecule has 0 spiro atoms. The van der Waals surface area contributed by atoms with Gasteiger partial charge in [-0.2, -0.15) is 0 Å². The van der Waals surface area contributed by atoms with Gasteiger partial charge in [0.05, 0.1) is 6.54 Å². The van der Waals surface area contributed by atoms with Crippen molar-refractivity contribution in [1.82, 2.24) is 4.90 Å². The van der Waals surface area contributed by atoms with Crippen molar-refractivity contribution in [2.75, 3.05) is 19.6 Å². The first-order valence-corrected chi connectivity index (χ1v) is 7.96. The second kappa shape index (κ2) is 6.31. The molecule has 2 N–H and O–H groups in total. The molecule has 20 heavy (non-hydrogen) atoms. The molecular weight excluding hydrogens is 248 g/mol. The van der Waals surface area contributed by atoms with Crippen LogP contribution < -0.4 is 5.73 Å². The number of nitrogens with zero attached hydrogens (tertiary/aromatic N) is 1. The lowest BCUT2D eigenvalue weighted by Gasteiger charge is -2.31. The van der Waals surface area contributed by atoms with Crippen molar-refractivity contribution in [1.29, 1.82) is 0 Å². The summed E-state index contributed by atoms with van der Waals surface area (Å²) < 4.78 is 6.03. The molecule has 0 saturated heterocycles. The van der Waals surface area contributed by atoms with Crippen molar-refractivity contribution in [2.24, 2.45) is 17.1 Å². The monoisotopic (exact) mass is 278 g/mol. The molecule has 3 nitrogen and oxygen atoms in total. The van der Waals surface area contributed by atoms with E-state index in [1.54, 1.807) is 0 Å². The van der Waals surface area contributed by atoms with E-state index in [-0.39, 0.29) is 5.41 Å². The Morgan fingerprint density at radius 1 is 1.40 bits per heavy atom. The third-order valence-electron chi connectivity index (χ3n) is 4.28. The average molecular weight is 278 g/mol. The van der Waals surface area contributed by atoms with E-state index < -0.39 is 0 Å². The van der Waals surface area contributed by atoms with Crippen LogP contribution in [0.3, 0.4) is 0 Å². The molecule has 3 heteroatoms. The molecule has 0 amide bonds. The molecule has 1 aliphatic rings. The topological polar surface area (TPSA) is 42.4 Å². The lowest BCUT2D eigenvalue weighted by atomic mass is 9.93. The second-order valence-corrected chi connectivity index (χ2v) is 7.20. The van der Waals surface area contributed by atoms with Gasteiger partial charge in [-0.05, 0) is 49.4 Å². The molecule has 0 radical (unpaired) electrons. The van der Waals surface area contributed by atoms with Crippen molar-refractivity contribution in [3.05, 3.63) is 23.7 Å². The minimum absolute atomic E-state index is 0.162. The van der Waals surface area contributed by atoms with Crippen molar-refractivity contribution >= 4 is 0 Å². The summed E-state index contributed by atoms with van der Waals surface area (Å²) in [6, 6.07) is 4.32. The van der Waals surface area contributed by atoms with Gasteiger partial charge < -0.3 is 10.2 Å². The van der Waals surface area contributed by atoms with Gasteiger partial charge in [0.25, 0.3) is 0 Å². The van der Waals surface area contributed by atoms with Crippen molar-refractivity contribution in [3.8, 4) is 0 Å². The minimum atomic E-state index is 0.162. The predicted octanol–water partition coefficient (Wildman–Crippen LogP) is 3.60. The first kappa shape index (κ1) is 15.6. The standard InChI is InChI=1S/C17H30N2O/c1-5-8-19(12-17(3,4)11-18)10-14-6-7-16(20-14)15-9-13(15)2/h6-7,13,15H,5,8-12,18H2,1-4H3. The summed E-state index contributed by atoms with van der Waals surface area (Å²) in [5.74, 6) is 3.75. The lowest BCUT2D eigenvalue weighted by Crippen LogP contribution is -2.38. The number of furan rings is 1. The SMILES string of the molecule is CCCN(Cc1ccc(C2CC2C)o1)CC(C)(C)CN. The van der Waals surface area contributed by atoms with Gasteiger partial charge in [0, 0.05) is 12.5 Å². The van der Waals surface area contributed by atoms with Gasteiger partial charge in [0.15, 0.2) is 0 Å². The van der Waals surface area contributed by atoms with E-state index in [9.17, 15) is 0 Å². The van der Waals surface area contributed by atoms with Crippen LogP contribution in [0.5, 0.6) is 0 Å². The van der Waals surface area contributed by atoms with Gasteiger partial charge in [-0.3, -0.25) is 4.90 Å².